The zero-order chi connectivity index (χ0) is 14.7. The maximum atomic E-state index is 12.2. The molecule has 1 amide bonds. The van der Waals surface area contributed by atoms with Gasteiger partial charge < -0.3 is 5.32 Å². The SMILES string of the molecule is O=C(Nc1ccccc1I)c1cnn(-c2ccccc2)n1. The van der Waals surface area contributed by atoms with Crippen LogP contribution in [-0.4, -0.2) is 20.9 Å². The fraction of sp³-hybridized carbons (Fsp3) is 0. The van der Waals surface area contributed by atoms with Gasteiger partial charge in [0, 0.05) is 3.57 Å². The lowest BCUT2D eigenvalue weighted by Gasteiger charge is -2.04. The van der Waals surface area contributed by atoms with E-state index in [0.29, 0.717) is 0 Å². The lowest BCUT2D eigenvalue weighted by atomic mass is 10.3. The maximum Gasteiger partial charge on any atom is 0.277 e. The third-order valence-corrected chi connectivity index (χ3v) is 3.77. The molecule has 3 aromatic rings. The van der Waals surface area contributed by atoms with E-state index in [1.54, 1.807) is 0 Å². The number of aromatic nitrogens is 3. The Bertz CT molecular complexity index is 770. The smallest absolute Gasteiger partial charge is 0.277 e. The number of carbonyl (C=O) groups is 1. The van der Waals surface area contributed by atoms with Gasteiger partial charge in [0.2, 0.25) is 0 Å². The van der Waals surface area contributed by atoms with Crippen LogP contribution in [-0.2, 0) is 0 Å². The summed E-state index contributed by atoms with van der Waals surface area (Å²) in [4.78, 5) is 13.6. The van der Waals surface area contributed by atoms with Crippen molar-refractivity contribution in [2.45, 2.75) is 0 Å². The molecule has 0 radical (unpaired) electrons. The second kappa shape index (κ2) is 6.04. The molecule has 1 heterocycles. The van der Waals surface area contributed by atoms with Crippen molar-refractivity contribution in [3.8, 4) is 5.69 Å². The van der Waals surface area contributed by atoms with Crippen LogP contribution in [0.2, 0.25) is 0 Å². The maximum absolute atomic E-state index is 12.2. The number of hydrogen-bond acceptors (Lipinski definition) is 3. The molecule has 0 saturated heterocycles. The molecule has 0 spiro atoms. The fourth-order valence-electron chi connectivity index (χ4n) is 1.80. The Kier molecular flexibility index (Phi) is 3.96. The molecule has 1 N–H and O–H groups in total. The summed E-state index contributed by atoms with van der Waals surface area (Å²) in [6, 6.07) is 17.0. The number of anilines is 1. The molecule has 0 saturated carbocycles. The average Bonchev–Trinajstić information content (AvgIpc) is 3.00. The van der Waals surface area contributed by atoms with E-state index in [-0.39, 0.29) is 11.6 Å². The highest BCUT2D eigenvalue weighted by molar-refractivity contribution is 14.1. The third kappa shape index (κ3) is 3.10. The van der Waals surface area contributed by atoms with Crippen LogP contribution in [0.1, 0.15) is 10.5 Å². The van der Waals surface area contributed by atoms with Crippen molar-refractivity contribution >= 4 is 34.2 Å². The van der Waals surface area contributed by atoms with E-state index in [1.165, 1.54) is 11.0 Å². The van der Waals surface area contributed by atoms with Crippen molar-refractivity contribution in [1.82, 2.24) is 15.0 Å². The van der Waals surface area contributed by atoms with Gasteiger partial charge in [-0.05, 0) is 46.9 Å². The first-order valence-electron chi connectivity index (χ1n) is 6.28. The Labute approximate surface area is 135 Å². The van der Waals surface area contributed by atoms with E-state index in [9.17, 15) is 4.79 Å². The van der Waals surface area contributed by atoms with Crippen molar-refractivity contribution in [3.63, 3.8) is 0 Å². The summed E-state index contributed by atoms with van der Waals surface area (Å²) in [6.45, 7) is 0. The molecule has 21 heavy (non-hydrogen) atoms. The molecule has 0 atom stereocenters. The van der Waals surface area contributed by atoms with Crippen LogP contribution in [0.3, 0.4) is 0 Å². The molecule has 6 heteroatoms. The highest BCUT2D eigenvalue weighted by Crippen LogP contribution is 2.17. The fourth-order valence-corrected chi connectivity index (χ4v) is 2.32. The number of nitrogens with zero attached hydrogens (tertiary/aromatic N) is 3. The van der Waals surface area contributed by atoms with Gasteiger partial charge in [0.25, 0.3) is 5.91 Å². The number of hydrogen-bond donors (Lipinski definition) is 1. The van der Waals surface area contributed by atoms with Crippen LogP contribution in [0.5, 0.6) is 0 Å². The minimum Gasteiger partial charge on any atom is -0.320 e. The van der Waals surface area contributed by atoms with Crippen LogP contribution < -0.4 is 5.32 Å². The number of benzene rings is 2. The summed E-state index contributed by atoms with van der Waals surface area (Å²) >= 11 is 2.17. The third-order valence-electron chi connectivity index (χ3n) is 2.83. The van der Waals surface area contributed by atoms with Gasteiger partial charge in [0.1, 0.15) is 0 Å². The van der Waals surface area contributed by atoms with Crippen molar-refractivity contribution in [2.75, 3.05) is 5.32 Å². The molecule has 0 aliphatic carbocycles. The Morgan fingerprint density at radius 3 is 2.52 bits per heavy atom. The highest BCUT2D eigenvalue weighted by Gasteiger charge is 2.12. The Balaban J connectivity index is 1.80. The van der Waals surface area contributed by atoms with E-state index >= 15 is 0 Å². The van der Waals surface area contributed by atoms with Crippen molar-refractivity contribution < 1.29 is 4.79 Å². The van der Waals surface area contributed by atoms with Gasteiger partial charge in [-0.2, -0.15) is 9.90 Å². The van der Waals surface area contributed by atoms with Crippen molar-refractivity contribution in [3.05, 3.63) is 70.1 Å². The van der Waals surface area contributed by atoms with Gasteiger partial charge >= 0.3 is 0 Å². The van der Waals surface area contributed by atoms with Crippen LogP contribution in [0.4, 0.5) is 5.69 Å². The van der Waals surface area contributed by atoms with Gasteiger partial charge in [-0.3, -0.25) is 4.79 Å². The first-order chi connectivity index (χ1) is 10.2. The van der Waals surface area contributed by atoms with E-state index in [4.69, 9.17) is 0 Å². The zero-order valence-corrected chi connectivity index (χ0v) is 13.1. The standard InChI is InChI=1S/C15H11IN4O/c16-12-8-4-5-9-13(12)18-15(21)14-10-17-20(19-14)11-6-2-1-3-7-11/h1-10H,(H,18,21). The summed E-state index contributed by atoms with van der Waals surface area (Å²) < 4.78 is 0.971. The summed E-state index contributed by atoms with van der Waals surface area (Å²) in [6.07, 6.45) is 1.46. The average molecular weight is 390 g/mol. The molecular formula is C15H11IN4O. The number of carbonyl (C=O) groups excluding carboxylic acids is 1. The molecule has 5 nitrogen and oxygen atoms in total. The highest BCUT2D eigenvalue weighted by atomic mass is 127. The second-order valence-corrected chi connectivity index (χ2v) is 5.45. The number of amides is 1. The van der Waals surface area contributed by atoms with Crippen LogP contribution in [0.15, 0.2) is 60.8 Å². The van der Waals surface area contributed by atoms with Crippen LogP contribution in [0, 0.1) is 3.57 Å². The van der Waals surface area contributed by atoms with Gasteiger partial charge in [-0.25, -0.2) is 0 Å². The van der Waals surface area contributed by atoms with E-state index in [1.807, 2.05) is 54.6 Å². The topological polar surface area (TPSA) is 59.8 Å². The first-order valence-corrected chi connectivity index (χ1v) is 7.35. The molecule has 0 bridgehead atoms. The van der Waals surface area contributed by atoms with Gasteiger partial charge in [-0.1, -0.05) is 30.3 Å². The van der Waals surface area contributed by atoms with Crippen LogP contribution in [0.25, 0.3) is 5.69 Å². The summed E-state index contributed by atoms with van der Waals surface area (Å²) in [5.74, 6) is -0.277. The summed E-state index contributed by atoms with van der Waals surface area (Å²) in [7, 11) is 0. The Morgan fingerprint density at radius 1 is 1.05 bits per heavy atom. The zero-order valence-electron chi connectivity index (χ0n) is 10.9. The first kappa shape index (κ1) is 13.7. The molecular weight excluding hydrogens is 379 g/mol. The molecule has 0 unspecified atom stereocenters. The van der Waals surface area contributed by atoms with Gasteiger partial charge in [0.05, 0.1) is 17.6 Å². The molecule has 2 aromatic carbocycles. The molecule has 0 fully saturated rings. The Morgan fingerprint density at radius 2 is 1.76 bits per heavy atom. The summed E-state index contributed by atoms with van der Waals surface area (Å²) in [5.41, 5.74) is 1.85. The molecule has 104 valence electrons. The monoisotopic (exact) mass is 390 g/mol. The molecule has 0 aliphatic heterocycles. The minimum absolute atomic E-state index is 0.276. The van der Waals surface area contributed by atoms with Crippen molar-refractivity contribution in [1.29, 1.82) is 0 Å². The largest absolute Gasteiger partial charge is 0.320 e. The lowest BCUT2D eigenvalue weighted by Crippen LogP contribution is -2.14. The molecule has 3 rings (SSSR count). The number of para-hydroxylation sites is 2. The lowest BCUT2D eigenvalue weighted by molar-refractivity contribution is 0.102. The predicted octanol–water partition coefficient (Wildman–Crippen LogP) is 3.12. The normalized spacial score (nSPS) is 10.3. The van der Waals surface area contributed by atoms with Gasteiger partial charge in [0.15, 0.2) is 5.69 Å². The number of halogens is 1. The second-order valence-electron chi connectivity index (χ2n) is 4.29. The Hall–Kier alpha value is -2.22. The molecule has 0 aliphatic rings. The number of rotatable bonds is 3. The quantitative estimate of drug-likeness (QED) is 0.700. The predicted molar refractivity (Wildman–Crippen MR) is 88.5 cm³/mol. The van der Waals surface area contributed by atoms with Gasteiger partial charge in [-0.15, -0.1) is 5.10 Å². The van der Waals surface area contributed by atoms with Crippen molar-refractivity contribution in [2.24, 2.45) is 0 Å². The summed E-state index contributed by atoms with van der Waals surface area (Å²) in [5, 5.41) is 11.1. The minimum atomic E-state index is -0.277. The van der Waals surface area contributed by atoms with E-state index in [0.717, 1.165) is 14.9 Å². The molecule has 1 aromatic heterocycles. The van der Waals surface area contributed by atoms with E-state index in [2.05, 4.69) is 38.1 Å². The number of nitrogens with one attached hydrogen (secondary N) is 1. The van der Waals surface area contributed by atoms with Crippen LogP contribution >= 0.6 is 22.6 Å². The van der Waals surface area contributed by atoms with E-state index < -0.39 is 0 Å².